The van der Waals surface area contributed by atoms with E-state index in [0.717, 1.165) is 30.8 Å². The van der Waals surface area contributed by atoms with Gasteiger partial charge < -0.3 is 19.1 Å². The lowest BCUT2D eigenvalue weighted by molar-refractivity contribution is -0.144. The lowest BCUT2D eigenvalue weighted by atomic mass is 10.1. The molecule has 1 unspecified atom stereocenters. The van der Waals surface area contributed by atoms with Crippen LogP contribution in [0, 0.1) is 0 Å². The van der Waals surface area contributed by atoms with Crippen molar-refractivity contribution in [2.24, 2.45) is 0 Å². The Labute approximate surface area is 176 Å². The SMILES string of the molecule is CCN(CC)c1ccc(/C=C2\Oc3cc(OC(=O)C4CCCO4)ccc3C2=O)cc1. The summed E-state index contributed by atoms with van der Waals surface area (Å²) in [6, 6.07) is 12.8. The Balaban J connectivity index is 1.48. The number of Topliss-reactive ketones (excluding diaryl/α,β-unsaturated/α-hetero) is 1. The van der Waals surface area contributed by atoms with Gasteiger partial charge >= 0.3 is 5.97 Å². The third kappa shape index (κ3) is 4.09. The maximum Gasteiger partial charge on any atom is 0.340 e. The minimum absolute atomic E-state index is 0.185. The van der Waals surface area contributed by atoms with Crippen LogP contribution in [-0.2, 0) is 9.53 Å². The minimum Gasteiger partial charge on any atom is -0.452 e. The van der Waals surface area contributed by atoms with Crippen molar-refractivity contribution >= 4 is 23.5 Å². The zero-order valence-corrected chi connectivity index (χ0v) is 17.2. The predicted octanol–water partition coefficient (Wildman–Crippen LogP) is 4.23. The fourth-order valence-corrected chi connectivity index (χ4v) is 3.70. The number of rotatable bonds is 6. The van der Waals surface area contributed by atoms with E-state index in [0.29, 0.717) is 30.1 Å². The van der Waals surface area contributed by atoms with Crippen molar-refractivity contribution in [3.8, 4) is 11.5 Å². The van der Waals surface area contributed by atoms with Crippen molar-refractivity contribution in [3.05, 3.63) is 59.4 Å². The highest BCUT2D eigenvalue weighted by atomic mass is 16.6. The van der Waals surface area contributed by atoms with Gasteiger partial charge in [-0.2, -0.15) is 0 Å². The second kappa shape index (κ2) is 8.71. The largest absolute Gasteiger partial charge is 0.452 e. The van der Waals surface area contributed by atoms with E-state index in [1.54, 1.807) is 24.3 Å². The number of hydrogen-bond acceptors (Lipinski definition) is 6. The van der Waals surface area contributed by atoms with Gasteiger partial charge in [-0.25, -0.2) is 4.79 Å². The van der Waals surface area contributed by atoms with Crippen molar-refractivity contribution in [1.29, 1.82) is 0 Å². The van der Waals surface area contributed by atoms with Crippen LogP contribution >= 0.6 is 0 Å². The van der Waals surface area contributed by atoms with Crippen LogP contribution in [0.25, 0.3) is 6.08 Å². The molecule has 2 aromatic carbocycles. The molecule has 2 aromatic rings. The molecule has 6 heteroatoms. The van der Waals surface area contributed by atoms with Crippen LogP contribution in [0.5, 0.6) is 11.5 Å². The molecule has 0 aliphatic carbocycles. The van der Waals surface area contributed by atoms with Crippen LogP contribution in [0.15, 0.2) is 48.2 Å². The van der Waals surface area contributed by atoms with Crippen LogP contribution in [-0.4, -0.2) is 37.6 Å². The summed E-state index contributed by atoms with van der Waals surface area (Å²) in [7, 11) is 0. The Morgan fingerprint density at radius 3 is 2.60 bits per heavy atom. The number of carbonyl (C=O) groups excluding carboxylic acids is 2. The van der Waals surface area contributed by atoms with E-state index in [4.69, 9.17) is 14.2 Å². The first-order valence-electron chi connectivity index (χ1n) is 10.4. The van der Waals surface area contributed by atoms with E-state index in [1.807, 2.05) is 24.3 Å². The van der Waals surface area contributed by atoms with Crippen molar-refractivity contribution < 1.29 is 23.8 Å². The van der Waals surface area contributed by atoms with Crippen molar-refractivity contribution in [2.75, 3.05) is 24.6 Å². The number of nitrogens with zero attached hydrogens (tertiary/aromatic N) is 1. The Morgan fingerprint density at radius 1 is 1.17 bits per heavy atom. The zero-order valence-electron chi connectivity index (χ0n) is 17.2. The highest BCUT2D eigenvalue weighted by Gasteiger charge is 2.29. The van der Waals surface area contributed by atoms with Crippen LogP contribution < -0.4 is 14.4 Å². The fraction of sp³-hybridized carbons (Fsp3) is 0.333. The van der Waals surface area contributed by atoms with Crippen molar-refractivity contribution in [2.45, 2.75) is 32.8 Å². The number of anilines is 1. The summed E-state index contributed by atoms with van der Waals surface area (Å²) in [6.07, 6.45) is 2.73. The number of allylic oxidation sites excluding steroid dienone is 1. The molecule has 0 radical (unpaired) electrons. The normalized spacial score (nSPS) is 18.9. The molecule has 4 rings (SSSR count). The van der Waals surface area contributed by atoms with E-state index in [1.165, 1.54) is 0 Å². The van der Waals surface area contributed by atoms with Gasteiger partial charge in [-0.05, 0) is 62.6 Å². The number of carbonyl (C=O) groups is 2. The van der Waals surface area contributed by atoms with Gasteiger partial charge in [0.2, 0.25) is 5.78 Å². The number of esters is 1. The molecule has 1 atom stereocenters. The first-order valence-corrected chi connectivity index (χ1v) is 10.4. The van der Waals surface area contributed by atoms with E-state index < -0.39 is 12.1 Å². The molecule has 0 spiro atoms. The highest BCUT2D eigenvalue weighted by molar-refractivity contribution is 6.14. The van der Waals surface area contributed by atoms with Gasteiger partial charge in [0.1, 0.15) is 11.5 Å². The van der Waals surface area contributed by atoms with E-state index in [-0.39, 0.29) is 11.5 Å². The maximum atomic E-state index is 12.7. The highest BCUT2D eigenvalue weighted by Crippen LogP contribution is 2.35. The summed E-state index contributed by atoms with van der Waals surface area (Å²) in [6.45, 7) is 6.69. The van der Waals surface area contributed by atoms with Gasteiger partial charge in [0, 0.05) is 31.5 Å². The van der Waals surface area contributed by atoms with Gasteiger partial charge in [-0.1, -0.05) is 12.1 Å². The van der Waals surface area contributed by atoms with Gasteiger partial charge in [0.25, 0.3) is 0 Å². The Bertz CT molecular complexity index is 970. The lowest BCUT2D eigenvalue weighted by Gasteiger charge is -2.20. The monoisotopic (exact) mass is 407 g/mol. The number of benzene rings is 2. The van der Waals surface area contributed by atoms with Crippen molar-refractivity contribution in [1.82, 2.24) is 0 Å². The Hall–Kier alpha value is -3.12. The summed E-state index contributed by atoms with van der Waals surface area (Å²) in [5, 5.41) is 0. The average molecular weight is 407 g/mol. The quantitative estimate of drug-likeness (QED) is 0.406. The smallest absolute Gasteiger partial charge is 0.340 e. The third-order valence-corrected chi connectivity index (χ3v) is 5.37. The topological polar surface area (TPSA) is 65.1 Å². The molecular formula is C24H25NO5. The Morgan fingerprint density at radius 2 is 1.93 bits per heavy atom. The number of fused-ring (bicyclic) bond motifs is 1. The molecule has 0 aromatic heterocycles. The molecule has 2 aliphatic heterocycles. The van der Waals surface area contributed by atoms with Crippen LogP contribution in [0.2, 0.25) is 0 Å². The third-order valence-electron chi connectivity index (χ3n) is 5.37. The Kier molecular flexibility index (Phi) is 5.86. The standard InChI is InChI=1S/C24H25NO5/c1-3-25(4-2)17-9-7-16(8-10-17)14-22-23(26)19-12-11-18(15-21(19)30-22)29-24(27)20-6-5-13-28-20/h7-12,14-15,20H,3-6,13H2,1-2H3/b22-14-. The van der Waals surface area contributed by atoms with Gasteiger partial charge in [-0.3, -0.25) is 4.79 Å². The number of hydrogen-bond donors (Lipinski definition) is 0. The molecule has 6 nitrogen and oxygen atoms in total. The molecular weight excluding hydrogens is 382 g/mol. The molecule has 1 saturated heterocycles. The number of ether oxygens (including phenoxy) is 3. The van der Waals surface area contributed by atoms with Gasteiger partial charge in [-0.15, -0.1) is 0 Å². The molecule has 2 aliphatic rings. The molecule has 0 saturated carbocycles. The summed E-state index contributed by atoms with van der Waals surface area (Å²) >= 11 is 0. The zero-order chi connectivity index (χ0) is 21.1. The molecule has 2 heterocycles. The number of ketones is 1. The minimum atomic E-state index is -0.518. The molecule has 30 heavy (non-hydrogen) atoms. The average Bonchev–Trinajstić information content (AvgIpc) is 3.39. The van der Waals surface area contributed by atoms with Crippen molar-refractivity contribution in [3.63, 3.8) is 0 Å². The van der Waals surface area contributed by atoms with Crippen LogP contribution in [0.4, 0.5) is 5.69 Å². The second-order valence-electron chi connectivity index (χ2n) is 7.28. The summed E-state index contributed by atoms with van der Waals surface area (Å²) in [5.74, 6) is 0.384. The molecule has 0 bridgehead atoms. The summed E-state index contributed by atoms with van der Waals surface area (Å²) in [4.78, 5) is 27.1. The lowest BCUT2D eigenvalue weighted by Crippen LogP contribution is -2.24. The van der Waals surface area contributed by atoms with Crippen LogP contribution in [0.3, 0.4) is 0 Å². The van der Waals surface area contributed by atoms with Crippen LogP contribution in [0.1, 0.15) is 42.6 Å². The first-order chi connectivity index (χ1) is 14.6. The van der Waals surface area contributed by atoms with E-state index >= 15 is 0 Å². The van der Waals surface area contributed by atoms with Gasteiger partial charge in [0.15, 0.2) is 11.9 Å². The molecule has 156 valence electrons. The maximum absolute atomic E-state index is 12.7. The molecule has 1 fully saturated rings. The van der Waals surface area contributed by atoms with E-state index in [2.05, 4.69) is 18.7 Å². The fourth-order valence-electron chi connectivity index (χ4n) is 3.70. The molecule has 0 N–H and O–H groups in total. The first kappa shape index (κ1) is 20.2. The molecule has 0 amide bonds. The van der Waals surface area contributed by atoms with E-state index in [9.17, 15) is 9.59 Å². The summed E-state index contributed by atoms with van der Waals surface area (Å²) < 4.78 is 16.5. The second-order valence-corrected chi connectivity index (χ2v) is 7.28. The summed E-state index contributed by atoms with van der Waals surface area (Å²) in [5.41, 5.74) is 2.48. The predicted molar refractivity (Wildman–Crippen MR) is 114 cm³/mol. The van der Waals surface area contributed by atoms with Gasteiger partial charge in [0.05, 0.1) is 5.56 Å².